The lowest BCUT2D eigenvalue weighted by molar-refractivity contribution is -0.204. The average Bonchev–Trinajstić information content (AvgIpc) is 2.42. The maximum atomic E-state index is 11.9. The van der Waals surface area contributed by atoms with Crippen LogP contribution < -0.4 is 0 Å². The van der Waals surface area contributed by atoms with Gasteiger partial charge in [-0.3, -0.25) is 19.2 Å². The number of hydrogen-bond acceptors (Lipinski definition) is 6. The first-order valence-corrected chi connectivity index (χ1v) is 7.09. The highest BCUT2D eigenvalue weighted by molar-refractivity contribution is 5.95. The molecule has 0 spiro atoms. The monoisotopic (exact) mass is 278 g/mol. The lowest BCUT2D eigenvalue weighted by Gasteiger charge is -2.52. The average molecular weight is 278 g/mol. The predicted octanol–water partition coefficient (Wildman–Crippen LogP) is 0.438. The van der Waals surface area contributed by atoms with Gasteiger partial charge in [0.25, 0.3) is 0 Å². The summed E-state index contributed by atoms with van der Waals surface area (Å²) in [5, 5.41) is 0. The van der Waals surface area contributed by atoms with E-state index in [-0.39, 0.29) is 35.5 Å². The Bertz CT molecular complexity index is 446. The van der Waals surface area contributed by atoms with Crippen LogP contribution in [-0.4, -0.2) is 23.9 Å². The van der Waals surface area contributed by atoms with E-state index in [1.807, 2.05) is 0 Å². The molecule has 4 unspecified atom stereocenters. The minimum atomic E-state index is -0.485. The van der Waals surface area contributed by atoms with Crippen LogP contribution in [0.2, 0.25) is 0 Å². The molecule has 2 aliphatic carbocycles. The molecule has 2 aliphatic heterocycles. The Kier molecular flexibility index (Phi) is 2.35. The van der Waals surface area contributed by atoms with E-state index >= 15 is 0 Å². The van der Waals surface area contributed by atoms with Crippen molar-refractivity contribution in [2.75, 3.05) is 0 Å². The smallest absolute Gasteiger partial charge is 0.316 e. The first-order chi connectivity index (χ1) is 9.58. The Morgan fingerprint density at radius 3 is 1.05 bits per heavy atom. The molecule has 0 aromatic rings. The van der Waals surface area contributed by atoms with Gasteiger partial charge in [-0.1, -0.05) is 0 Å². The van der Waals surface area contributed by atoms with Gasteiger partial charge in [0.2, 0.25) is 0 Å². The third-order valence-electron chi connectivity index (χ3n) is 5.49. The molecule has 0 bridgehead atoms. The van der Waals surface area contributed by atoms with Crippen LogP contribution in [0, 0.1) is 35.5 Å². The zero-order chi connectivity index (χ0) is 14.0. The van der Waals surface area contributed by atoms with Gasteiger partial charge in [-0.15, -0.1) is 0 Å². The van der Waals surface area contributed by atoms with Gasteiger partial charge in [-0.25, -0.2) is 0 Å². The van der Waals surface area contributed by atoms with Gasteiger partial charge in [0.1, 0.15) is 0 Å². The van der Waals surface area contributed by atoms with Crippen LogP contribution in [0.15, 0.2) is 0 Å². The second-order valence-electron chi connectivity index (χ2n) is 6.22. The fourth-order valence-corrected chi connectivity index (χ4v) is 4.72. The number of rotatable bonds is 0. The van der Waals surface area contributed by atoms with Gasteiger partial charge >= 0.3 is 23.9 Å². The molecule has 4 fully saturated rings. The Morgan fingerprint density at radius 2 is 0.800 bits per heavy atom. The zero-order valence-corrected chi connectivity index (χ0v) is 10.7. The van der Waals surface area contributed by atoms with Crippen molar-refractivity contribution in [3.63, 3.8) is 0 Å². The summed E-state index contributed by atoms with van der Waals surface area (Å²) in [5.74, 6) is -3.77. The van der Waals surface area contributed by atoms with E-state index in [4.69, 9.17) is 9.47 Å². The molecule has 0 aromatic carbocycles. The third-order valence-corrected chi connectivity index (χ3v) is 5.49. The molecule has 6 heteroatoms. The van der Waals surface area contributed by atoms with Gasteiger partial charge < -0.3 is 9.47 Å². The lowest BCUT2D eigenvalue weighted by Crippen LogP contribution is -2.59. The number of carbonyl (C=O) groups excluding carboxylic acids is 4. The summed E-state index contributed by atoms with van der Waals surface area (Å²) in [7, 11) is 0. The Labute approximate surface area is 114 Å². The van der Waals surface area contributed by atoms with Crippen molar-refractivity contribution in [1.82, 2.24) is 0 Å². The Balaban J connectivity index is 1.79. The van der Waals surface area contributed by atoms with Crippen LogP contribution in [0.4, 0.5) is 0 Å². The Hall–Kier alpha value is -1.72. The van der Waals surface area contributed by atoms with Crippen molar-refractivity contribution in [3.8, 4) is 0 Å². The largest absolute Gasteiger partial charge is 0.393 e. The molecule has 0 N–H and O–H groups in total. The molecule has 106 valence electrons. The number of hydrogen-bond donors (Lipinski definition) is 0. The Morgan fingerprint density at radius 1 is 0.550 bits per heavy atom. The van der Waals surface area contributed by atoms with Gasteiger partial charge in [-0.2, -0.15) is 0 Å². The SMILES string of the molecule is O=C1OC(=O)C2CC[C@H]3C(=O)OC(=O)[C@H]4CCC1C2C43. The van der Waals surface area contributed by atoms with Crippen molar-refractivity contribution in [2.24, 2.45) is 35.5 Å². The number of esters is 4. The molecule has 0 aromatic heterocycles. The molecule has 2 saturated heterocycles. The van der Waals surface area contributed by atoms with Crippen LogP contribution >= 0.6 is 0 Å². The van der Waals surface area contributed by atoms with Gasteiger partial charge in [0.15, 0.2) is 0 Å². The topological polar surface area (TPSA) is 86.7 Å². The van der Waals surface area contributed by atoms with Gasteiger partial charge in [0.05, 0.1) is 23.7 Å². The first kappa shape index (κ1) is 12.1. The maximum absolute atomic E-state index is 11.9. The van der Waals surface area contributed by atoms with Crippen LogP contribution in [0.25, 0.3) is 0 Å². The molecule has 4 rings (SSSR count). The van der Waals surface area contributed by atoms with Crippen LogP contribution in [0.3, 0.4) is 0 Å². The van der Waals surface area contributed by atoms with Gasteiger partial charge in [0, 0.05) is 0 Å². The summed E-state index contributed by atoms with van der Waals surface area (Å²) in [6, 6.07) is 0. The third kappa shape index (κ3) is 1.39. The summed E-state index contributed by atoms with van der Waals surface area (Å²) < 4.78 is 9.68. The van der Waals surface area contributed by atoms with Crippen LogP contribution in [-0.2, 0) is 28.7 Å². The molecule has 0 radical (unpaired) electrons. The quantitative estimate of drug-likeness (QED) is 0.472. The molecule has 6 nitrogen and oxygen atoms in total. The van der Waals surface area contributed by atoms with Gasteiger partial charge in [-0.05, 0) is 37.5 Å². The van der Waals surface area contributed by atoms with E-state index in [1.165, 1.54) is 0 Å². The summed E-state index contributed by atoms with van der Waals surface area (Å²) in [4.78, 5) is 47.6. The van der Waals surface area contributed by atoms with Crippen molar-refractivity contribution >= 4 is 23.9 Å². The molecule has 0 amide bonds. The fourth-order valence-electron chi connectivity index (χ4n) is 4.72. The highest BCUT2D eigenvalue weighted by Crippen LogP contribution is 2.56. The van der Waals surface area contributed by atoms with Crippen LogP contribution in [0.1, 0.15) is 25.7 Å². The summed E-state index contributed by atoms with van der Waals surface area (Å²) in [6.07, 6.45) is 2.13. The van der Waals surface area contributed by atoms with E-state index in [0.29, 0.717) is 25.7 Å². The molecule has 4 aliphatic rings. The highest BCUT2D eigenvalue weighted by atomic mass is 16.6. The van der Waals surface area contributed by atoms with E-state index in [2.05, 4.69) is 0 Å². The molecule has 20 heavy (non-hydrogen) atoms. The summed E-state index contributed by atoms with van der Waals surface area (Å²) >= 11 is 0. The molecule has 2 saturated carbocycles. The highest BCUT2D eigenvalue weighted by Gasteiger charge is 2.62. The fraction of sp³-hybridized carbons (Fsp3) is 0.714. The first-order valence-electron chi connectivity index (χ1n) is 7.09. The lowest BCUT2D eigenvalue weighted by atomic mass is 9.52. The number of cyclic esters (lactones) is 4. The van der Waals surface area contributed by atoms with E-state index in [1.54, 1.807) is 0 Å². The van der Waals surface area contributed by atoms with E-state index in [0.717, 1.165) is 0 Å². The second kappa shape index (κ2) is 3.90. The van der Waals surface area contributed by atoms with Crippen molar-refractivity contribution < 1.29 is 28.7 Å². The zero-order valence-electron chi connectivity index (χ0n) is 10.7. The summed E-state index contributed by atoms with van der Waals surface area (Å²) in [6.45, 7) is 0. The molecular weight excluding hydrogens is 264 g/mol. The maximum Gasteiger partial charge on any atom is 0.316 e. The minimum Gasteiger partial charge on any atom is -0.393 e. The molecular formula is C14H14O6. The normalized spacial score (nSPS) is 46.4. The second-order valence-corrected chi connectivity index (χ2v) is 6.22. The molecule has 6 atom stereocenters. The van der Waals surface area contributed by atoms with E-state index < -0.39 is 23.9 Å². The minimum absolute atomic E-state index is 0.224. The van der Waals surface area contributed by atoms with Crippen LogP contribution in [0.5, 0.6) is 0 Å². The van der Waals surface area contributed by atoms with Crippen molar-refractivity contribution in [1.29, 1.82) is 0 Å². The standard InChI is InChI=1S/C14H14O6/c15-11-5-1-2-6-10-8(14(18)20-12(6)16)4-3-7(9(5)10)13(17)19-11/h5-10H,1-4H2/t5-,6?,7+,8?,9?,10?. The predicted molar refractivity (Wildman–Crippen MR) is 61.6 cm³/mol. The number of ether oxygens (including phenoxy) is 2. The van der Waals surface area contributed by atoms with E-state index in [9.17, 15) is 19.2 Å². The summed E-state index contributed by atoms with van der Waals surface area (Å²) in [5.41, 5.74) is 0. The van der Waals surface area contributed by atoms with Crippen molar-refractivity contribution in [2.45, 2.75) is 25.7 Å². The van der Waals surface area contributed by atoms with Crippen molar-refractivity contribution in [3.05, 3.63) is 0 Å². The number of carbonyl (C=O) groups is 4. The molecule has 2 heterocycles.